The van der Waals surface area contributed by atoms with Crippen LogP contribution in [0.2, 0.25) is 0 Å². The first-order valence-electron chi connectivity index (χ1n) is 6.24. The van der Waals surface area contributed by atoms with Gasteiger partial charge in [-0.25, -0.2) is 0 Å². The molecule has 0 bridgehead atoms. The third-order valence-electron chi connectivity index (χ3n) is 3.50. The summed E-state index contributed by atoms with van der Waals surface area (Å²) in [5.74, 6) is -2.50. The molecule has 0 aromatic heterocycles. The lowest BCUT2D eigenvalue weighted by atomic mass is 9.86. The first-order chi connectivity index (χ1) is 9.97. The largest absolute Gasteiger partial charge is 0.504 e. The molecule has 0 saturated heterocycles. The Kier molecular flexibility index (Phi) is 2.86. The Bertz CT molecular complexity index is 737. The molecule has 0 amide bonds. The molecule has 4 N–H and O–H groups in total. The number of phenolic OH excluding ortho intramolecular Hbond substituents is 4. The molecule has 0 aliphatic carbocycles. The molecule has 1 aliphatic heterocycles. The van der Waals surface area contributed by atoms with E-state index in [2.05, 4.69) is 0 Å². The van der Waals surface area contributed by atoms with E-state index < -0.39 is 17.6 Å². The lowest BCUT2D eigenvalue weighted by molar-refractivity contribution is -0.135. The van der Waals surface area contributed by atoms with Crippen LogP contribution in [0.1, 0.15) is 23.5 Å². The van der Waals surface area contributed by atoms with Gasteiger partial charge in [-0.3, -0.25) is 4.79 Å². The van der Waals surface area contributed by atoms with Crippen LogP contribution in [0.4, 0.5) is 0 Å². The molecule has 0 spiro atoms. The number of ether oxygens (including phenoxy) is 1. The summed E-state index contributed by atoms with van der Waals surface area (Å²) in [7, 11) is 0. The zero-order valence-corrected chi connectivity index (χ0v) is 10.8. The van der Waals surface area contributed by atoms with Gasteiger partial charge < -0.3 is 25.2 Å². The van der Waals surface area contributed by atoms with Crippen LogP contribution < -0.4 is 4.74 Å². The zero-order valence-electron chi connectivity index (χ0n) is 10.8. The molecule has 6 nitrogen and oxygen atoms in total. The molecule has 0 fully saturated rings. The summed E-state index contributed by atoms with van der Waals surface area (Å²) < 4.78 is 4.99. The Balaban J connectivity index is 2.15. The van der Waals surface area contributed by atoms with Gasteiger partial charge in [0.2, 0.25) is 5.75 Å². The molecule has 0 saturated carbocycles. The number of benzene rings is 2. The lowest BCUT2D eigenvalue weighted by Crippen LogP contribution is -2.21. The van der Waals surface area contributed by atoms with Crippen molar-refractivity contribution in [3.05, 3.63) is 41.5 Å². The summed E-state index contributed by atoms with van der Waals surface area (Å²) in [6.45, 7) is 0. The van der Waals surface area contributed by atoms with Crippen molar-refractivity contribution in [3.8, 4) is 28.7 Å². The summed E-state index contributed by atoms with van der Waals surface area (Å²) in [4.78, 5) is 11.7. The topological polar surface area (TPSA) is 107 Å². The molecule has 21 heavy (non-hydrogen) atoms. The van der Waals surface area contributed by atoms with Crippen LogP contribution in [-0.4, -0.2) is 26.4 Å². The van der Waals surface area contributed by atoms with E-state index >= 15 is 0 Å². The Morgan fingerprint density at radius 3 is 2.38 bits per heavy atom. The third kappa shape index (κ3) is 2.10. The SMILES string of the molecule is O=C1CC(c2ccc(O)c(O)c2)c2ccc(O)c(O)c2O1. The van der Waals surface area contributed by atoms with E-state index in [0.29, 0.717) is 11.1 Å². The minimum atomic E-state index is -0.555. The van der Waals surface area contributed by atoms with E-state index in [1.54, 1.807) is 12.1 Å². The second-order valence-electron chi connectivity index (χ2n) is 4.83. The van der Waals surface area contributed by atoms with Crippen LogP contribution in [0, 0.1) is 0 Å². The maximum absolute atomic E-state index is 11.7. The predicted octanol–water partition coefficient (Wildman–Crippen LogP) is 1.95. The Labute approximate surface area is 119 Å². The van der Waals surface area contributed by atoms with Crippen LogP contribution in [0.25, 0.3) is 0 Å². The van der Waals surface area contributed by atoms with Crippen LogP contribution in [-0.2, 0) is 4.79 Å². The summed E-state index contributed by atoms with van der Waals surface area (Å²) in [5, 5.41) is 38.2. The summed E-state index contributed by atoms with van der Waals surface area (Å²) in [6, 6.07) is 7.11. The first-order valence-corrected chi connectivity index (χ1v) is 6.24. The highest BCUT2D eigenvalue weighted by Crippen LogP contribution is 2.47. The summed E-state index contributed by atoms with van der Waals surface area (Å²) in [5.41, 5.74) is 1.11. The van der Waals surface area contributed by atoms with Crippen LogP contribution >= 0.6 is 0 Å². The van der Waals surface area contributed by atoms with Crippen LogP contribution in [0.3, 0.4) is 0 Å². The van der Waals surface area contributed by atoms with E-state index in [4.69, 9.17) is 4.74 Å². The molecule has 2 aromatic carbocycles. The number of rotatable bonds is 1. The van der Waals surface area contributed by atoms with E-state index in [0.717, 1.165) is 0 Å². The number of esters is 1. The maximum atomic E-state index is 11.7. The van der Waals surface area contributed by atoms with Crippen molar-refractivity contribution >= 4 is 5.97 Å². The Morgan fingerprint density at radius 1 is 0.952 bits per heavy atom. The van der Waals surface area contributed by atoms with Crippen molar-refractivity contribution in [2.75, 3.05) is 0 Å². The van der Waals surface area contributed by atoms with Gasteiger partial charge >= 0.3 is 5.97 Å². The smallest absolute Gasteiger partial charge is 0.312 e. The standard InChI is InChI=1S/C15H12O6/c16-10-3-1-7(5-12(10)18)9-6-13(19)21-15-8(9)2-4-11(17)14(15)20/h1-5,9,16-18,20H,6H2. The average Bonchev–Trinajstić information content (AvgIpc) is 2.45. The molecular formula is C15H12O6. The van der Waals surface area contributed by atoms with E-state index in [9.17, 15) is 25.2 Å². The maximum Gasteiger partial charge on any atom is 0.312 e. The van der Waals surface area contributed by atoms with Gasteiger partial charge in [0.15, 0.2) is 23.0 Å². The van der Waals surface area contributed by atoms with E-state index in [-0.39, 0.29) is 29.4 Å². The monoisotopic (exact) mass is 288 g/mol. The highest BCUT2D eigenvalue weighted by atomic mass is 16.5. The molecule has 3 rings (SSSR count). The molecule has 6 heteroatoms. The average molecular weight is 288 g/mol. The molecule has 108 valence electrons. The fourth-order valence-corrected chi connectivity index (χ4v) is 2.44. The van der Waals surface area contributed by atoms with Crippen molar-refractivity contribution in [1.82, 2.24) is 0 Å². The zero-order chi connectivity index (χ0) is 15.1. The normalized spacial score (nSPS) is 17.1. The fraction of sp³-hybridized carbons (Fsp3) is 0.133. The van der Waals surface area contributed by atoms with Gasteiger partial charge in [0, 0.05) is 11.5 Å². The molecule has 1 atom stereocenters. The highest BCUT2D eigenvalue weighted by molar-refractivity contribution is 5.79. The Morgan fingerprint density at radius 2 is 1.67 bits per heavy atom. The quantitative estimate of drug-likeness (QED) is 0.363. The molecule has 0 radical (unpaired) electrons. The second-order valence-corrected chi connectivity index (χ2v) is 4.83. The van der Waals surface area contributed by atoms with Gasteiger partial charge in [-0.15, -0.1) is 0 Å². The first kappa shape index (κ1) is 13.1. The van der Waals surface area contributed by atoms with Crippen LogP contribution in [0.5, 0.6) is 28.7 Å². The van der Waals surface area contributed by atoms with Gasteiger partial charge in [-0.1, -0.05) is 12.1 Å². The van der Waals surface area contributed by atoms with Gasteiger partial charge in [0.1, 0.15) is 0 Å². The summed E-state index contributed by atoms with van der Waals surface area (Å²) in [6.07, 6.45) is 0.0292. The molecule has 1 unspecified atom stereocenters. The van der Waals surface area contributed by atoms with Crippen molar-refractivity contribution < 1.29 is 30.0 Å². The number of aromatic hydroxyl groups is 4. The molecule has 1 heterocycles. The summed E-state index contributed by atoms with van der Waals surface area (Å²) >= 11 is 0. The Hall–Kier alpha value is -2.89. The number of hydrogen-bond acceptors (Lipinski definition) is 6. The van der Waals surface area contributed by atoms with Gasteiger partial charge in [0.25, 0.3) is 0 Å². The van der Waals surface area contributed by atoms with Gasteiger partial charge in [-0.2, -0.15) is 0 Å². The van der Waals surface area contributed by atoms with E-state index in [1.165, 1.54) is 18.2 Å². The van der Waals surface area contributed by atoms with Gasteiger partial charge in [-0.05, 0) is 23.8 Å². The fourth-order valence-electron chi connectivity index (χ4n) is 2.44. The number of hydrogen-bond donors (Lipinski definition) is 4. The van der Waals surface area contributed by atoms with Crippen molar-refractivity contribution in [3.63, 3.8) is 0 Å². The molecular weight excluding hydrogens is 276 g/mol. The number of carbonyl (C=O) groups excluding carboxylic acids is 1. The molecule has 2 aromatic rings. The van der Waals surface area contributed by atoms with Crippen molar-refractivity contribution in [1.29, 1.82) is 0 Å². The van der Waals surface area contributed by atoms with Crippen LogP contribution in [0.15, 0.2) is 30.3 Å². The van der Waals surface area contributed by atoms with Crippen molar-refractivity contribution in [2.45, 2.75) is 12.3 Å². The van der Waals surface area contributed by atoms with E-state index in [1.807, 2.05) is 0 Å². The minimum absolute atomic E-state index is 0.0292. The van der Waals surface area contributed by atoms with Crippen molar-refractivity contribution in [2.24, 2.45) is 0 Å². The second kappa shape index (κ2) is 4.59. The van der Waals surface area contributed by atoms with Gasteiger partial charge in [0.05, 0.1) is 6.42 Å². The number of phenols is 4. The number of carbonyl (C=O) groups is 1. The third-order valence-corrected chi connectivity index (χ3v) is 3.50. The minimum Gasteiger partial charge on any atom is -0.504 e. The number of fused-ring (bicyclic) bond motifs is 1. The molecule has 1 aliphatic rings. The highest BCUT2D eigenvalue weighted by Gasteiger charge is 2.31. The lowest BCUT2D eigenvalue weighted by Gasteiger charge is -2.25. The predicted molar refractivity (Wildman–Crippen MR) is 71.6 cm³/mol.